The zero-order chi connectivity index (χ0) is 13.3. The minimum Gasteiger partial charge on any atom is -0.506 e. The molecule has 2 unspecified atom stereocenters. The molecule has 0 bridgehead atoms. The largest absolute Gasteiger partial charge is 0.506 e. The van der Waals surface area contributed by atoms with Crippen LogP contribution in [0.4, 0.5) is 0 Å². The molecule has 1 aliphatic heterocycles. The molecule has 1 saturated heterocycles. The zero-order valence-corrected chi connectivity index (χ0v) is 13.7. The molecule has 2 rings (SSSR count). The van der Waals surface area contributed by atoms with Crippen LogP contribution in [0.25, 0.3) is 0 Å². The normalized spacial score (nSPS) is 25.3. The fourth-order valence-electron chi connectivity index (χ4n) is 2.14. The number of phenolic OH excluding ortho intramolecular Hbond substituents is 1. The Labute approximate surface area is 124 Å². The molecule has 1 fully saturated rings. The smallest absolute Gasteiger partial charge is 0.143 e. The lowest BCUT2D eigenvalue weighted by Crippen LogP contribution is -2.46. The monoisotopic (exact) mass is 377 g/mol. The molecule has 0 spiro atoms. The van der Waals surface area contributed by atoms with Crippen LogP contribution in [0.15, 0.2) is 21.1 Å². The van der Waals surface area contributed by atoms with Crippen molar-refractivity contribution < 1.29 is 9.84 Å². The quantitative estimate of drug-likeness (QED) is 0.854. The van der Waals surface area contributed by atoms with E-state index in [-0.39, 0.29) is 11.9 Å². The van der Waals surface area contributed by atoms with Gasteiger partial charge in [-0.2, -0.15) is 0 Å². The van der Waals surface area contributed by atoms with E-state index in [1.165, 1.54) is 5.56 Å². The summed E-state index contributed by atoms with van der Waals surface area (Å²) >= 11 is 6.73. The highest BCUT2D eigenvalue weighted by Crippen LogP contribution is 2.34. The minimum absolute atomic E-state index is 0.252. The average Bonchev–Trinajstić information content (AvgIpc) is 2.31. The first-order valence-electron chi connectivity index (χ1n) is 6.00. The highest BCUT2D eigenvalue weighted by atomic mass is 79.9. The molecule has 18 heavy (non-hydrogen) atoms. The van der Waals surface area contributed by atoms with Crippen molar-refractivity contribution in [2.75, 3.05) is 13.2 Å². The van der Waals surface area contributed by atoms with Gasteiger partial charge in [0.15, 0.2) is 0 Å². The maximum absolute atomic E-state index is 9.70. The van der Waals surface area contributed by atoms with Crippen molar-refractivity contribution in [1.82, 2.24) is 4.90 Å². The average molecular weight is 379 g/mol. The minimum atomic E-state index is 0.252. The van der Waals surface area contributed by atoms with E-state index in [9.17, 15) is 5.11 Å². The van der Waals surface area contributed by atoms with Crippen molar-refractivity contribution in [3.63, 3.8) is 0 Å². The number of nitrogens with zero attached hydrogens (tertiary/aromatic N) is 1. The second-order valence-corrected chi connectivity index (χ2v) is 6.54. The van der Waals surface area contributed by atoms with E-state index in [4.69, 9.17) is 4.74 Å². The summed E-state index contributed by atoms with van der Waals surface area (Å²) in [4.78, 5) is 2.40. The van der Waals surface area contributed by atoms with Crippen LogP contribution in [0, 0.1) is 0 Å². The Balaban J connectivity index is 2.13. The molecule has 1 heterocycles. The summed E-state index contributed by atoms with van der Waals surface area (Å²) in [6, 6.07) is 4.35. The molecule has 0 aliphatic carbocycles. The Bertz CT molecular complexity index is 416. The number of halogens is 2. The van der Waals surface area contributed by atoms with E-state index in [2.05, 4.69) is 50.6 Å². The van der Waals surface area contributed by atoms with Crippen LogP contribution < -0.4 is 0 Å². The summed E-state index contributed by atoms with van der Waals surface area (Å²) in [6.07, 6.45) is 0.283. The topological polar surface area (TPSA) is 32.7 Å². The van der Waals surface area contributed by atoms with Crippen LogP contribution in [0.5, 0.6) is 5.75 Å². The third-order valence-electron chi connectivity index (χ3n) is 3.20. The van der Waals surface area contributed by atoms with Gasteiger partial charge < -0.3 is 9.84 Å². The van der Waals surface area contributed by atoms with Gasteiger partial charge in [0.2, 0.25) is 0 Å². The Kier molecular flexibility index (Phi) is 4.69. The van der Waals surface area contributed by atoms with E-state index in [1.54, 1.807) is 0 Å². The Morgan fingerprint density at radius 2 is 1.94 bits per heavy atom. The number of phenols is 1. The van der Waals surface area contributed by atoms with Gasteiger partial charge in [0, 0.05) is 19.1 Å². The lowest BCUT2D eigenvalue weighted by Gasteiger charge is -2.36. The second-order valence-electron chi connectivity index (χ2n) is 4.83. The molecular formula is C13H17Br2NO2. The molecule has 1 aromatic carbocycles. The first-order valence-corrected chi connectivity index (χ1v) is 7.58. The number of aromatic hydroxyl groups is 1. The summed E-state index contributed by atoms with van der Waals surface area (Å²) < 4.78 is 7.07. The van der Waals surface area contributed by atoms with E-state index in [1.807, 2.05) is 12.1 Å². The van der Waals surface area contributed by atoms with Gasteiger partial charge in [-0.05, 0) is 63.4 Å². The number of morpholine rings is 1. The van der Waals surface area contributed by atoms with Crippen molar-refractivity contribution in [1.29, 1.82) is 0 Å². The number of hydrogen-bond acceptors (Lipinski definition) is 3. The molecule has 0 amide bonds. The fourth-order valence-corrected chi connectivity index (χ4v) is 3.42. The predicted octanol–water partition coefficient (Wildman–Crippen LogP) is 3.53. The van der Waals surface area contributed by atoms with Crippen LogP contribution in [0.3, 0.4) is 0 Å². The van der Waals surface area contributed by atoms with Crippen molar-refractivity contribution in [2.45, 2.75) is 32.5 Å². The maximum atomic E-state index is 9.70. The highest BCUT2D eigenvalue weighted by molar-refractivity contribution is 9.11. The molecule has 5 heteroatoms. The highest BCUT2D eigenvalue weighted by Gasteiger charge is 2.23. The molecule has 1 aliphatic rings. The number of benzene rings is 1. The fraction of sp³-hybridized carbons (Fsp3) is 0.538. The van der Waals surface area contributed by atoms with Gasteiger partial charge in [0.25, 0.3) is 0 Å². The maximum Gasteiger partial charge on any atom is 0.143 e. The summed E-state index contributed by atoms with van der Waals surface area (Å²) in [6.45, 7) is 6.86. The van der Waals surface area contributed by atoms with Crippen molar-refractivity contribution in [3.8, 4) is 5.75 Å². The van der Waals surface area contributed by atoms with E-state index < -0.39 is 0 Å². The van der Waals surface area contributed by atoms with Gasteiger partial charge in [0.05, 0.1) is 21.7 Å². The molecule has 1 N–H and O–H groups in total. The van der Waals surface area contributed by atoms with Crippen LogP contribution in [0.2, 0.25) is 0 Å². The molecule has 0 saturated carbocycles. The summed E-state index contributed by atoms with van der Waals surface area (Å²) in [7, 11) is 0. The van der Waals surface area contributed by atoms with Crippen LogP contribution in [-0.2, 0) is 11.3 Å². The first-order chi connectivity index (χ1) is 8.47. The summed E-state index contributed by atoms with van der Waals surface area (Å²) in [5, 5.41) is 9.70. The number of hydrogen-bond donors (Lipinski definition) is 1. The van der Waals surface area contributed by atoms with Crippen LogP contribution >= 0.6 is 31.9 Å². The zero-order valence-electron chi connectivity index (χ0n) is 10.5. The summed E-state index contributed by atoms with van der Waals surface area (Å²) in [5.74, 6) is 0.252. The van der Waals surface area contributed by atoms with Gasteiger partial charge >= 0.3 is 0 Å². The van der Waals surface area contributed by atoms with Crippen LogP contribution in [-0.4, -0.2) is 35.3 Å². The van der Waals surface area contributed by atoms with Gasteiger partial charge in [-0.25, -0.2) is 0 Å². The molecule has 100 valence electrons. The molecule has 2 atom stereocenters. The molecule has 0 aromatic heterocycles. The lowest BCUT2D eigenvalue weighted by molar-refractivity contribution is -0.0526. The lowest BCUT2D eigenvalue weighted by atomic mass is 10.1. The van der Waals surface area contributed by atoms with Crippen LogP contribution in [0.1, 0.15) is 19.4 Å². The van der Waals surface area contributed by atoms with E-state index in [0.717, 1.165) is 28.6 Å². The Morgan fingerprint density at radius 1 is 1.33 bits per heavy atom. The molecular weight excluding hydrogens is 362 g/mol. The third kappa shape index (κ3) is 3.26. The van der Waals surface area contributed by atoms with Gasteiger partial charge in [-0.15, -0.1) is 0 Å². The van der Waals surface area contributed by atoms with E-state index >= 15 is 0 Å². The number of rotatable bonds is 2. The van der Waals surface area contributed by atoms with Crippen molar-refractivity contribution >= 4 is 31.9 Å². The molecule has 1 aromatic rings. The van der Waals surface area contributed by atoms with E-state index in [0.29, 0.717) is 6.04 Å². The van der Waals surface area contributed by atoms with Crippen molar-refractivity contribution in [2.24, 2.45) is 0 Å². The van der Waals surface area contributed by atoms with Gasteiger partial charge in [0.1, 0.15) is 5.75 Å². The van der Waals surface area contributed by atoms with Gasteiger partial charge in [-0.1, -0.05) is 0 Å². The Hall–Kier alpha value is -0.100. The molecule has 0 radical (unpaired) electrons. The van der Waals surface area contributed by atoms with Crippen molar-refractivity contribution in [3.05, 3.63) is 26.6 Å². The standard InChI is InChI=1S/C13H17Br2NO2/c1-8-7-18-9(2)5-16(8)6-10-3-11(14)13(17)12(15)4-10/h3-4,8-9,17H,5-7H2,1-2H3. The third-order valence-corrected chi connectivity index (χ3v) is 4.41. The predicted molar refractivity (Wildman–Crippen MR) is 78.8 cm³/mol. The second kappa shape index (κ2) is 5.90. The first kappa shape index (κ1) is 14.3. The Morgan fingerprint density at radius 3 is 2.56 bits per heavy atom. The van der Waals surface area contributed by atoms with Gasteiger partial charge in [-0.3, -0.25) is 4.90 Å². The number of ether oxygens (including phenoxy) is 1. The molecule has 3 nitrogen and oxygen atoms in total. The SMILES string of the molecule is CC1CN(Cc2cc(Br)c(O)c(Br)c2)C(C)CO1. The summed E-state index contributed by atoms with van der Waals surface area (Å²) in [5.41, 5.74) is 1.17.